The largest absolute Gasteiger partial charge is 0.384 e. The van der Waals surface area contributed by atoms with Crippen LogP contribution >= 0.6 is 22.6 Å². The van der Waals surface area contributed by atoms with Crippen LogP contribution in [0.2, 0.25) is 0 Å². The van der Waals surface area contributed by atoms with Crippen molar-refractivity contribution in [2.75, 3.05) is 36.5 Å². The third kappa shape index (κ3) is 14.3. The molecule has 0 spiro atoms. The first kappa shape index (κ1) is 34.7. The van der Waals surface area contributed by atoms with E-state index in [1.165, 1.54) is 38.5 Å². The monoisotopic (exact) mass is 679 g/mol. The third-order valence-electron chi connectivity index (χ3n) is 7.61. The SMILES string of the molecule is CC[C@@H]1CCCC[C@H]1NC.Nc1ccc(I)cn1.Nc1ccc(N2CCCCCC2=O)cn1.O=C1CCCCCN1. The Kier molecular flexibility index (Phi) is 17.3. The van der Waals surface area contributed by atoms with Crippen molar-refractivity contribution >= 4 is 51.7 Å². The van der Waals surface area contributed by atoms with Crippen molar-refractivity contribution in [3.05, 3.63) is 40.2 Å². The number of nitrogens with one attached hydrogen (secondary N) is 2. The quantitative estimate of drug-likeness (QED) is 0.306. The maximum atomic E-state index is 11.8. The molecule has 6 N–H and O–H groups in total. The molecule has 3 aliphatic rings. The summed E-state index contributed by atoms with van der Waals surface area (Å²) >= 11 is 2.18. The number of halogens is 1. The summed E-state index contributed by atoms with van der Waals surface area (Å²) in [6, 6.07) is 8.10. The van der Waals surface area contributed by atoms with Crippen molar-refractivity contribution in [2.24, 2.45) is 5.92 Å². The van der Waals surface area contributed by atoms with Crippen molar-refractivity contribution in [1.82, 2.24) is 20.6 Å². The van der Waals surface area contributed by atoms with Crippen LogP contribution in [0.15, 0.2) is 36.7 Å². The second-order valence-corrected chi connectivity index (χ2v) is 12.0. The van der Waals surface area contributed by atoms with Gasteiger partial charge < -0.3 is 27.0 Å². The lowest BCUT2D eigenvalue weighted by Gasteiger charge is -2.30. The molecule has 0 aromatic carbocycles. The second kappa shape index (κ2) is 20.4. The van der Waals surface area contributed by atoms with Crippen LogP contribution in [-0.4, -0.2) is 48.0 Å². The predicted molar refractivity (Wildman–Crippen MR) is 177 cm³/mol. The second-order valence-electron chi connectivity index (χ2n) is 10.7. The standard InChI is InChI=1S/C11H15N3O.C9H19N.C6H11NO.C5H5IN2/c12-10-6-5-9(8-13-10)14-7-3-1-2-4-11(14)15;1-3-8-6-4-5-7-9(8)10-2;8-6-4-2-1-3-5-7-6;6-4-1-2-5(7)8-3-4/h5-6,8H,1-4,7H2,(H2,12,13);8-10H,3-7H2,1-2H3;1-5H2,(H,7,8);1-3H,(H2,7,8)/t;8-,9-;;/m.1../s1. The Morgan fingerprint density at radius 1 is 0.902 bits per heavy atom. The third-order valence-corrected chi connectivity index (χ3v) is 8.25. The lowest BCUT2D eigenvalue weighted by atomic mass is 9.83. The minimum Gasteiger partial charge on any atom is -0.384 e. The highest BCUT2D eigenvalue weighted by molar-refractivity contribution is 14.1. The van der Waals surface area contributed by atoms with Gasteiger partial charge in [0, 0.05) is 41.7 Å². The van der Waals surface area contributed by atoms with Gasteiger partial charge in [0.1, 0.15) is 11.6 Å². The van der Waals surface area contributed by atoms with Crippen LogP contribution in [-0.2, 0) is 9.59 Å². The summed E-state index contributed by atoms with van der Waals surface area (Å²) in [7, 11) is 2.10. The molecule has 5 rings (SSSR count). The molecule has 3 fully saturated rings. The highest BCUT2D eigenvalue weighted by atomic mass is 127. The lowest BCUT2D eigenvalue weighted by Crippen LogP contribution is -2.35. The molecule has 2 atom stereocenters. The summed E-state index contributed by atoms with van der Waals surface area (Å²) in [5.74, 6) is 2.44. The van der Waals surface area contributed by atoms with Crippen LogP contribution in [0.1, 0.15) is 90.4 Å². The molecule has 2 aromatic rings. The summed E-state index contributed by atoms with van der Waals surface area (Å²) in [6.45, 7) is 3.99. The predicted octanol–water partition coefficient (Wildman–Crippen LogP) is 5.69. The van der Waals surface area contributed by atoms with Crippen LogP contribution in [0.3, 0.4) is 0 Å². The van der Waals surface area contributed by atoms with Crippen LogP contribution in [0, 0.1) is 9.49 Å². The fourth-order valence-corrected chi connectivity index (χ4v) is 5.50. The Bertz CT molecular complexity index is 962. The molecule has 2 amide bonds. The van der Waals surface area contributed by atoms with Crippen molar-refractivity contribution < 1.29 is 9.59 Å². The van der Waals surface area contributed by atoms with Crippen LogP contribution < -0.4 is 27.0 Å². The van der Waals surface area contributed by atoms with E-state index >= 15 is 0 Å². The number of nitrogens with two attached hydrogens (primary N) is 2. The highest BCUT2D eigenvalue weighted by Gasteiger charge is 2.21. The van der Waals surface area contributed by atoms with E-state index in [0.29, 0.717) is 18.1 Å². The maximum absolute atomic E-state index is 11.8. The van der Waals surface area contributed by atoms with Gasteiger partial charge in [-0.25, -0.2) is 9.97 Å². The number of nitrogen functional groups attached to an aromatic ring is 2. The van der Waals surface area contributed by atoms with Crippen LogP contribution in [0.4, 0.5) is 17.3 Å². The van der Waals surface area contributed by atoms with Crippen LogP contribution in [0.25, 0.3) is 0 Å². The van der Waals surface area contributed by atoms with Gasteiger partial charge in [0.05, 0.1) is 11.9 Å². The summed E-state index contributed by atoms with van der Waals surface area (Å²) in [5.41, 5.74) is 11.7. The molecule has 10 heteroatoms. The van der Waals surface area contributed by atoms with Gasteiger partial charge in [-0.1, -0.05) is 39.0 Å². The topological polar surface area (TPSA) is 139 Å². The van der Waals surface area contributed by atoms with E-state index in [1.54, 1.807) is 29.4 Å². The average molecular weight is 680 g/mol. The fraction of sp³-hybridized carbons (Fsp3) is 0.613. The van der Waals surface area contributed by atoms with Crippen molar-refractivity contribution in [1.29, 1.82) is 0 Å². The first-order valence-electron chi connectivity index (χ1n) is 15.2. The summed E-state index contributed by atoms with van der Waals surface area (Å²) < 4.78 is 1.11. The van der Waals surface area contributed by atoms with Gasteiger partial charge in [-0.05, 0) is 98.3 Å². The Hall–Kier alpha value is -2.47. The van der Waals surface area contributed by atoms with E-state index in [0.717, 1.165) is 72.8 Å². The number of nitrogens with zero attached hydrogens (tertiary/aromatic N) is 3. The number of hydrogen-bond donors (Lipinski definition) is 4. The Morgan fingerprint density at radius 3 is 2.20 bits per heavy atom. The number of amides is 2. The molecule has 2 aromatic heterocycles. The molecule has 0 bridgehead atoms. The van der Waals surface area contributed by atoms with Gasteiger partial charge in [0.2, 0.25) is 11.8 Å². The zero-order chi connectivity index (χ0) is 29.9. The van der Waals surface area contributed by atoms with Crippen LogP contribution in [0.5, 0.6) is 0 Å². The minimum absolute atomic E-state index is 0.194. The van der Waals surface area contributed by atoms with E-state index < -0.39 is 0 Å². The molecule has 41 heavy (non-hydrogen) atoms. The first-order chi connectivity index (χ1) is 19.8. The van der Waals surface area contributed by atoms with E-state index in [-0.39, 0.29) is 11.8 Å². The Labute approximate surface area is 260 Å². The minimum atomic E-state index is 0.194. The molecule has 2 aliphatic heterocycles. The average Bonchev–Trinajstić information content (AvgIpc) is 3.37. The van der Waals surface area contributed by atoms with Gasteiger partial charge in [-0.2, -0.15) is 0 Å². The summed E-state index contributed by atoms with van der Waals surface area (Å²) in [6.07, 6.45) is 18.5. The smallest absolute Gasteiger partial charge is 0.227 e. The molecule has 0 radical (unpaired) electrons. The molecular formula is C31H50IN7O2. The lowest BCUT2D eigenvalue weighted by molar-refractivity contribution is -0.121. The van der Waals surface area contributed by atoms with E-state index in [9.17, 15) is 9.59 Å². The molecule has 0 unspecified atom stereocenters. The van der Waals surface area contributed by atoms with Gasteiger partial charge in [-0.3, -0.25) is 9.59 Å². The van der Waals surface area contributed by atoms with Gasteiger partial charge in [0.25, 0.3) is 0 Å². The van der Waals surface area contributed by atoms with Gasteiger partial charge in [-0.15, -0.1) is 0 Å². The molecule has 228 valence electrons. The molecule has 1 aliphatic carbocycles. The van der Waals surface area contributed by atoms with E-state index in [4.69, 9.17) is 11.5 Å². The fourth-order valence-electron chi connectivity index (χ4n) is 5.18. The molecule has 4 heterocycles. The number of aromatic nitrogens is 2. The normalized spacial score (nSPS) is 20.8. The zero-order valence-electron chi connectivity index (χ0n) is 24.9. The van der Waals surface area contributed by atoms with E-state index in [2.05, 4.69) is 57.2 Å². The first-order valence-corrected chi connectivity index (χ1v) is 16.2. The van der Waals surface area contributed by atoms with Crippen molar-refractivity contribution in [2.45, 2.75) is 96.4 Å². The number of rotatable bonds is 3. The highest BCUT2D eigenvalue weighted by Crippen LogP contribution is 2.26. The zero-order valence-corrected chi connectivity index (χ0v) is 27.1. The number of carbonyl (C=O) groups is 2. The van der Waals surface area contributed by atoms with E-state index in [1.807, 2.05) is 12.1 Å². The van der Waals surface area contributed by atoms with Gasteiger partial charge in [0.15, 0.2) is 0 Å². The Morgan fingerprint density at radius 2 is 1.59 bits per heavy atom. The summed E-state index contributed by atoms with van der Waals surface area (Å²) in [4.78, 5) is 32.0. The number of pyridine rings is 2. The number of anilines is 3. The molecule has 9 nitrogen and oxygen atoms in total. The number of hydrogen-bond acceptors (Lipinski definition) is 7. The summed E-state index contributed by atoms with van der Waals surface area (Å²) in [5, 5.41) is 6.21. The van der Waals surface area contributed by atoms with Crippen molar-refractivity contribution in [3.8, 4) is 0 Å². The number of carbonyl (C=O) groups excluding carboxylic acids is 2. The van der Waals surface area contributed by atoms with Crippen molar-refractivity contribution in [3.63, 3.8) is 0 Å². The molecule has 1 saturated carbocycles. The Balaban J connectivity index is 0.000000199. The van der Waals surface area contributed by atoms with Gasteiger partial charge >= 0.3 is 0 Å². The molecule has 2 saturated heterocycles. The molecular weight excluding hydrogens is 629 g/mol. The maximum Gasteiger partial charge on any atom is 0.227 e.